The first kappa shape index (κ1) is 22.4. The van der Waals surface area contributed by atoms with Crippen molar-refractivity contribution in [1.82, 2.24) is 14.8 Å². The monoisotopic (exact) mass is 459 g/mol. The predicted octanol–water partition coefficient (Wildman–Crippen LogP) is 5.53. The van der Waals surface area contributed by atoms with Crippen LogP contribution in [0.25, 0.3) is 0 Å². The Bertz CT molecular complexity index is 1180. The number of nitrogens with two attached hydrogens (primary N) is 1. The minimum absolute atomic E-state index is 0.178. The fourth-order valence-corrected chi connectivity index (χ4v) is 4.29. The third kappa shape index (κ3) is 5.72. The molecule has 0 aliphatic heterocycles. The average molecular weight is 460 g/mol. The highest BCUT2D eigenvalue weighted by Crippen LogP contribution is 2.29. The molecule has 0 saturated carbocycles. The summed E-state index contributed by atoms with van der Waals surface area (Å²) < 4.78 is 7.51. The van der Waals surface area contributed by atoms with Crippen LogP contribution >= 0.6 is 11.8 Å². The predicted molar refractivity (Wildman–Crippen MR) is 131 cm³/mol. The number of para-hydroxylation sites is 1. The Hall–Kier alpha value is -3.78. The number of aromatic nitrogens is 3. The van der Waals surface area contributed by atoms with Gasteiger partial charge in [0.1, 0.15) is 17.5 Å². The second-order valence-corrected chi connectivity index (χ2v) is 8.28. The van der Waals surface area contributed by atoms with Crippen LogP contribution in [0.5, 0.6) is 11.5 Å². The summed E-state index contributed by atoms with van der Waals surface area (Å²) in [5.41, 5.74) is 7.92. The molecule has 33 heavy (non-hydrogen) atoms. The van der Waals surface area contributed by atoms with Gasteiger partial charge in [-0.05, 0) is 48.4 Å². The number of ether oxygens (including phenoxy) is 1. The number of hydrogen-bond donors (Lipinski definition) is 2. The van der Waals surface area contributed by atoms with Gasteiger partial charge in [-0.3, -0.25) is 9.36 Å². The largest absolute Gasteiger partial charge is 0.457 e. The standard InChI is InChI=1S/C25H25N5O2S/c1-2-22(30-24(26)28-29-25(30)33-17-18-9-5-3-6-10-18)23(31)27-19-13-15-21(16-14-19)32-20-11-7-4-8-12-20/h3-16,22H,2,17H2,1H3,(H2,26,28)(H,27,31). The van der Waals surface area contributed by atoms with Crippen molar-refractivity contribution in [3.63, 3.8) is 0 Å². The smallest absolute Gasteiger partial charge is 0.247 e. The molecule has 3 aromatic carbocycles. The minimum atomic E-state index is -0.529. The molecular formula is C25H25N5O2S. The van der Waals surface area contributed by atoms with Crippen LogP contribution in [0.2, 0.25) is 0 Å². The lowest BCUT2D eigenvalue weighted by atomic mass is 10.2. The van der Waals surface area contributed by atoms with E-state index in [0.717, 1.165) is 11.3 Å². The molecule has 0 spiro atoms. The van der Waals surface area contributed by atoms with E-state index >= 15 is 0 Å². The topological polar surface area (TPSA) is 95.1 Å². The van der Waals surface area contributed by atoms with E-state index in [2.05, 4.69) is 15.5 Å². The van der Waals surface area contributed by atoms with Crippen LogP contribution in [0, 0.1) is 0 Å². The number of benzene rings is 3. The zero-order valence-corrected chi connectivity index (χ0v) is 19.0. The summed E-state index contributed by atoms with van der Waals surface area (Å²) in [7, 11) is 0. The molecule has 1 aromatic heterocycles. The van der Waals surface area contributed by atoms with Crippen molar-refractivity contribution in [2.45, 2.75) is 30.3 Å². The molecule has 0 bridgehead atoms. The first-order chi connectivity index (χ1) is 16.1. The number of nitrogens with zero attached hydrogens (tertiary/aromatic N) is 3. The molecule has 1 heterocycles. The molecule has 1 unspecified atom stereocenters. The van der Waals surface area contributed by atoms with Gasteiger partial charge in [-0.25, -0.2) is 0 Å². The fourth-order valence-electron chi connectivity index (χ4n) is 3.34. The maximum atomic E-state index is 13.1. The summed E-state index contributed by atoms with van der Waals surface area (Å²) in [5, 5.41) is 11.8. The number of nitrogen functional groups attached to an aromatic ring is 1. The van der Waals surface area contributed by atoms with Crippen LogP contribution in [0.15, 0.2) is 90.1 Å². The molecule has 1 amide bonds. The van der Waals surface area contributed by atoms with Gasteiger partial charge in [-0.2, -0.15) is 0 Å². The van der Waals surface area contributed by atoms with Crippen molar-refractivity contribution in [2.24, 2.45) is 0 Å². The average Bonchev–Trinajstić information content (AvgIpc) is 3.21. The molecule has 0 saturated heterocycles. The number of nitrogens with one attached hydrogen (secondary N) is 1. The molecule has 4 rings (SSSR count). The van der Waals surface area contributed by atoms with E-state index in [1.54, 1.807) is 4.57 Å². The van der Waals surface area contributed by atoms with Crippen molar-refractivity contribution in [3.05, 3.63) is 90.5 Å². The van der Waals surface area contributed by atoms with Gasteiger partial charge in [0.25, 0.3) is 0 Å². The molecule has 0 aliphatic rings. The first-order valence-corrected chi connectivity index (χ1v) is 11.6. The van der Waals surface area contributed by atoms with Crippen LogP contribution in [0.3, 0.4) is 0 Å². The Labute approximate surface area is 197 Å². The maximum absolute atomic E-state index is 13.1. The van der Waals surface area contributed by atoms with Gasteiger partial charge in [0.2, 0.25) is 11.9 Å². The van der Waals surface area contributed by atoms with E-state index in [0.29, 0.717) is 28.8 Å². The fraction of sp³-hybridized carbons (Fsp3) is 0.160. The lowest BCUT2D eigenvalue weighted by molar-refractivity contribution is -0.119. The van der Waals surface area contributed by atoms with E-state index in [-0.39, 0.29) is 11.9 Å². The van der Waals surface area contributed by atoms with Crippen LogP contribution in [-0.2, 0) is 10.5 Å². The van der Waals surface area contributed by atoms with E-state index < -0.39 is 6.04 Å². The number of hydrogen-bond acceptors (Lipinski definition) is 6. The molecule has 0 aliphatic carbocycles. The quantitative estimate of drug-likeness (QED) is 0.319. The lowest BCUT2D eigenvalue weighted by Gasteiger charge is -2.19. The maximum Gasteiger partial charge on any atom is 0.247 e. The van der Waals surface area contributed by atoms with Crippen molar-refractivity contribution in [1.29, 1.82) is 0 Å². The minimum Gasteiger partial charge on any atom is -0.457 e. The normalized spacial score (nSPS) is 11.7. The van der Waals surface area contributed by atoms with Gasteiger partial charge in [-0.1, -0.05) is 67.2 Å². The second kappa shape index (κ2) is 10.7. The van der Waals surface area contributed by atoms with Crippen LogP contribution in [0.1, 0.15) is 24.9 Å². The highest BCUT2D eigenvalue weighted by Gasteiger charge is 2.25. The van der Waals surface area contributed by atoms with Crippen molar-refractivity contribution >= 4 is 29.3 Å². The summed E-state index contributed by atoms with van der Waals surface area (Å²) in [6.07, 6.45) is 0.544. The van der Waals surface area contributed by atoms with E-state index in [1.807, 2.05) is 91.9 Å². The summed E-state index contributed by atoms with van der Waals surface area (Å²) in [5.74, 6) is 2.19. The molecule has 1 atom stereocenters. The first-order valence-electron chi connectivity index (χ1n) is 10.6. The third-order valence-electron chi connectivity index (χ3n) is 5.00. The Kier molecular flexibility index (Phi) is 7.26. The van der Waals surface area contributed by atoms with Crippen molar-refractivity contribution in [2.75, 3.05) is 11.1 Å². The highest BCUT2D eigenvalue weighted by molar-refractivity contribution is 7.98. The SMILES string of the molecule is CCC(C(=O)Nc1ccc(Oc2ccccc2)cc1)n1c(N)nnc1SCc1ccccc1. The van der Waals surface area contributed by atoms with Crippen molar-refractivity contribution < 1.29 is 9.53 Å². The number of amides is 1. The molecule has 0 radical (unpaired) electrons. The summed E-state index contributed by atoms with van der Waals surface area (Å²) in [6.45, 7) is 1.94. The third-order valence-corrected chi connectivity index (χ3v) is 6.02. The zero-order valence-electron chi connectivity index (χ0n) is 18.2. The van der Waals surface area contributed by atoms with E-state index in [4.69, 9.17) is 10.5 Å². The lowest BCUT2D eigenvalue weighted by Crippen LogP contribution is -2.27. The van der Waals surface area contributed by atoms with E-state index in [1.165, 1.54) is 11.8 Å². The number of carbonyl (C=O) groups excluding carboxylic acids is 1. The van der Waals surface area contributed by atoms with Gasteiger partial charge in [0, 0.05) is 11.4 Å². The van der Waals surface area contributed by atoms with Gasteiger partial charge >= 0.3 is 0 Å². The molecule has 3 N–H and O–H groups in total. The zero-order chi connectivity index (χ0) is 23.0. The molecular weight excluding hydrogens is 434 g/mol. The Morgan fingerprint density at radius 3 is 2.27 bits per heavy atom. The Balaban J connectivity index is 1.43. The molecule has 8 heteroatoms. The number of thioether (sulfide) groups is 1. The van der Waals surface area contributed by atoms with Gasteiger partial charge < -0.3 is 15.8 Å². The molecule has 0 fully saturated rings. The summed E-state index contributed by atoms with van der Waals surface area (Å²) >= 11 is 1.50. The van der Waals surface area contributed by atoms with Crippen LogP contribution in [0.4, 0.5) is 11.6 Å². The Morgan fingerprint density at radius 2 is 1.61 bits per heavy atom. The molecule has 168 valence electrons. The molecule has 7 nitrogen and oxygen atoms in total. The number of anilines is 2. The second-order valence-electron chi connectivity index (χ2n) is 7.34. The van der Waals surface area contributed by atoms with Gasteiger partial charge in [0.15, 0.2) is 5.16 Å². The van der Waals surface area contributed by atoms with Gasteiger partial charge in [0.05, 0.1) is 0 Å². The Morgan fingerprint density at radius 1 is 0.970 bits per heavy atom. The van der Waals surface area contributed by atoms with Crippen molar-refractivity contribution in [3.8, 4) is 11.5 Å². The van der Waals surface area contributed by atoms with E-state index in [9.17, 15) is 4.79 Å². The van der Waals surface area contributed by atoms with Crippen LogP contribution in [-0.4, -0.2) is 20.7 Å². The number of carbonyl (C=O) groups is 1. The molecule has 4 aromatic rings. The number of rotatable bonds is 9. The highest BCUT2D eigenvalue weighted by atomic mass is 32.2. The van der Waals surface area contributed by atoms with Crippen LogP contribution < -0.4 is 15.8 Å². The summed E-state index contributed by atoms with van der Waals surface area (Å²) in [6, 6.07) is 26.3. The summed E-state index contributed by atoms with van der Waals surface area (Å²) in [4.78, 5) is 13.1. The van der Waals surface area contributed by atoms with Gasteiger partial charge in [-0.15, -0.1) is 10.2 Å².